The van der Waals surface area contributed by atoms with Gasteiger partial charge in [-0.2, -0.15) is 0 Å². The summed E-state index contributed by atoms with van der Waals surface area (Å²) in [6.07, 6.45) is 6.80. The first-order valence-corrected chi connectivity index (χ1v) is 7.13. The molecule has 0 saturated carbocycles. The molecule has 108 valence electrons. The smallest absolute Gasteiger partial charge is 0.336 e. The van der Waals surface area contributed by atoms with E-state index in [1.807, 2.05) is 19.1 Å². The second kappa shape index (κ2) is 5.56. The molecule has 1 heterocycles. The van der Waals surface area contributed by atoms with Crippen LogP contribution < -0.4 is 10.9 Å². The van der Waals surface area contributed by atoms with Crippen LogP contribution in [-0.2, 0) is 4.79 Å². The molecule has 1 N–H and O–H groups in total. The average molecular weight is 283 g/mol. The minimum Gasteiger partial charge on any atom is -0.423 e. The van der Waals surface area contributed by atoms with Crippen molar-refractivity contribution < 1.29 is 9.21 Å². The summed E-state index contributed by atoms with van der Waals surface area (Å²) in [7, 11) is 0. The molecule has 0 radical (unpaired) electrons. The van der Waals surface area contributed by atoms with Gasteiger partial charge in [0.1, 0.15) is 5.58 Å². The van der Waals surface area contributed by atoms with Crippen LogP contribution in [0, 0.1) is 12.8 Å². The molecule has 0 fully saturated rings. The first kappa shape index (κ1) is 13.6. The predicted octanol–water partition coefficient (Wildman–Crippen LogP) is 3.40. The third-order valence-electron chi connectivity index (χ3n) is 3.80. The van der Waals surface area contributed by atoms with Gasteiger partial charge in [-0.3, -0.25) is 4.79 Å². The van der Waals surface area contributed by atoms with Crippen molar-refractivity contribution in [1.29, 1.82) is 0 Å². The SMILES string of the molecule is Cc1cc(=O)oc2cc(NC(=O)C[C@H]3C=CCC3)ccc12. The highest BCUT2D eigenvalue weighted by atomic mass is 16.4. The molecular formula is C17H17NO3. The number of hydrogen-bond acceptors (Lipinski definition) is 3. The normalized spacial score (nSPS) is 17.3. The summed E-state index contributed by atoms with van der Waals surface area (Å²) >= 11 is 0. The van der Waals surface area contributed by atoms with Crippen LogP contribution in [0.4, 0.5) is 5.69 Å². The Morgan fingerprint density at radius 1 is 1.38 bits per heavy atom. The van der Waals surface area contributed by atoms with Crippen molar-refractivity contribution in [2.24, 2.45) is 5.92 Å². The fraction of sp³-hybridized carbons (Fsp3) is 0.294. The van der Waals surface area contributed by atoms with E-state index in [0.29, 0.717) is 23.6 Å². The van der Waals surface area contributed by atoms with E-state index in [2.05, 4.69) is 17.5 Å². The van der Waals surface area contributed by atoms with E-state index in [0.717, 1.165) is 23.8 Å². The molecule has 1 aliphatic rings. The Hall–Kier alpha value is -2.36. The van der Waals surface area contributed by atoms with Crippen LogP contribution in [0.5, 0.6) is 0 Å². The molecular weight excluding hydrogens is 266 g/mol. The van der Waals surface area contributed by atoms with Gasteiger partial charge in [0.25, 0.3) is 0 Å². The van der Waals surface area contributed by atoms with Gasteiger partial charge in [0.15, 0.2) is 0 Å². The zero-order valence-electron chi connectivity index (χ0n) is 11.9. The first-order valence-electron chi connectivity index (χ1n) is 7.13. The number of anilines is 1. The maximum atomic E-state index is 12.0. The van der Waals surface area contributed by atoms with Gasteiger partial charge in [0, 0.05) is 29.6 Å². The van der Waals surface area contributed by atoms with Crippen LogP contribution in [0.3, 0.4) is 0 Å². The number of carbonyl (C=O) groups excluding carboxylic acids is 1. The lowest BCUT2D eigenvalue weighted by atomic mass is 10.0. The molecule has 1 aliphatic carbocycles. The molecule has 21 heavy (non-hydrogen) atoms. The molecule has 0 bridgehead atoms. The van der Waals surface area contributed by atoms with Crippen LogP contribution in [0.2, 0.25) is 0 Å². The summed E-state index contributed by atoms with van der Waals surface area (Å²) in [5.41, 5.74) is 1.65. The minimum atomic E-state index is -0.375. The first-order chi connectivity index (χ1) is 10.1. The quantitative estimate of drug-likeness (QED) is 0.693. The summed E-state index contributed by atoms with van der Waals surface area (Å²) in [6.45, 7) is 1.87. The number of nitrogens with one attached hydrogen (secondary N) is 1. The molecule has 4 nitrogen and oxygen atoms in total. The summed E-state index contributed by atoms with van der Waals surface area (Å²) < 4.78 is 5.18. The lowest BCUT2D eigenvalue weighted by Gasteiger charge is -2.09. The number of hydrogen-bond donors (Lipinski definition) is 1. The van der Waals surface area contributed by atoms with Crippen molar-refractivity contribution in [3.63, 3.8) is 0 Å². The van der Waals surface area contributed by atoms with Gasteiger partial charge in [-0.05, 0) is 43.4 Å². The van der Waals surface area contributed by atoms with E-state index in [9.17, 15) is 9.59 Å². The molecule has 3 rings (SSSR count). The Bertz CT molecular complexity index is 773. The van der Waals surface area contributed by atoms with Crippen molar-refractivity contribution in [2.75, 3.05) is 5.32 Å². The van der Waals surface area contributed by atoms with E-state index in [4.69, 9.17) is 4.42 Å². The largest absolute Gasteiger partial charge is 0.423 e. The highest BCUT2D eigenvalue weighted by molar-refractivity contribution is 5.93. The van der Waals surface area contributed by atoms with E-state index in [-0.39, 0.29) is 11.5 Å². The molecule has 0 unspecified atom stereocenters. The Labute approximate surface area is 122 Å². The van der Waals surface area contributed by atoms with E-state index in [1.54, 1.807) is 6.07 Å². The highest BCUT2D eigenvalue weighted by Crippen LogP contribution is 2.23. The van der Waals surface area contributed by atoms with Crippen molar-refractivity contribution in [1.82, 2.24) is 0 Å². The van der Waals surface area contributed by atoms with Crippen LogP contribution in [0.25, 0.3) is 11.0 Å². The molecule has 0 aliphatic heterocycles. The number of amides is 1. The van der Waals surface area contributed by atoms with Gasteiger partial charge in [0.05, 0.1) is 0 Å². The van der Waals surface area contributed by atoms with Gasteiger partial charge < -0.3 is 9.73 Å². The summed E-state index contributed by atoms with van der Waals surface area (Å²) in [5, 5.41) is 3.75. The lowest BCUT2D eigenvalue weighted by Crippen LogP contribution is -2.14. The van der Waals surface area contributed by atoms with Crippen LogP contribution in [-0.4, -0.2) is 5.91 Å². The second-order valence-corrected chi connectivity index (χ2v) is 5.48. The van der Waals surface area contributed by atoms with Gasteiger partial charge in [0.2, 0.25) is 5.91 Å². The second-order valence-electron chi connectivity index (χ2n) is 5.48. The number of benzene rings is 1. The highest BCUT2D eigenvalue weighted by Gasteiger charge is 2.14. The summed E-state index contributed by atoms with van der Waals surface area (Å²) in [6, 6.07) is 6.86. The standard InChI is InChI=1S/C17H17NO3/c1-11-8-17(20)21-15-10-13(6-7-14(11)15)18-16(19)9-12-4-2-3-5-12/h2,4,6-8,10,12H,3,5,9H2,1H3,(H,18,19)/t12-/m0/s1. The Balaban J connectivity index is 1.79. The summed E-state index contributed by atoms with van der Waals surface area (Å²) in [4.78, 5) is 23.4. The zero-order chi connectivity index (χ0) is 14.8. The number of aryl methyl sites for hydroxylation is 1. The Morgan fingerprint density at radius 3 is 3.00 bits per heavy atom. The summed E-state index contributed by atoms with van der Waals surface area (Å²) in [5.74, 6) is 0.325. The Kier molecular flexibility index (Phi) is 3.60. The Morgan fingerprint density at radius 2 is 2.24 bits per heavy atom. The molecule has 1 aromatic heterocycles. The van der Waals surface area contributed by atoms with Crippen molar-refractivity contribution in [3.8, 4) is 0 Å². The number of allylic oxidation sites excluding steroid dienone is 2. The van der Waals surface area contributed by atoms with Gasteiger partial charge in [-0.1, -0.05) is 12.2 Å². The maximum Gasteiger partial charge on any atom is 0.336 e. The maximum absolute atomic E-state index is 12.0. The third kappa shape index (κ3) is 3.05. The fourth-order valence-corrected chi connectivity index (χ4v) is 2.72. The van der Waals surface area contributed by atoms with E-state index < -0.39 is 0 Å². The van der Waals surface area contributed by atoms with Crippen LogP contribution in [0.1, 0.15) is 24.8 Å². The molecule has 0 spiro atoms. The van der Waals surface area contributed by atoms with Crippen LogP contribution in [0.15, 0.2) is 45.6 Å². The van der Waals surface area contributed by atoms with Gasteiger partial charge in [-0.15, -0.1) is 0 Å². The van der Waals surface area contributed by atoms with Crippen molar-refractivity contribution in [2.45, 2.75) is 26.2 Å². The fourth-order valence-electron chi connectivity index (χ4n) is 2.72. The monoisotopic (exact) mass is 283 g/mol. The molecule has 2 aromatic rings. The van der Waals surface area contributed by atoms with Gasteiger partial charge in [-0.25, -0.2) is 4.79 Å². The van der Waals surface area contributed by atoms with Crippen LogP contribution >= 0.6 is 0 Å². The number of rotatable bonds is 3. The molecule has 1 amide bonds. The molecule has 4 heteroatoms. The average Bonchev–Trinajstić information content (AvgIpc) is 2.90. The predicted molar refractivity (Wildman–Crippen MR) is 82.3 cm³/mol. The third-order valence-corrected chi connectivity index (χ3v) is 3.80. The topological polar surface area (TPSA) is 59.3 Å². The zero-order valence-corrected chi connectivity index (χ0v) is 11.9. The molecule has 1 atom stereocenters. The minimum absolute atomic E-state index is 0.0131. The van der Waals surface area contributed by atoms with E-state index in [1.165, 1.54) is 6.07 Å². The molecule has 1 aromatic carbocycles. The molecule has 0 saturated heterocycles. The number of carbonyl (C=O) groups is 1. The van der Waals surface area contributed by atoms with Crippen molar-refractivity contribution in [3.05, 3.63) is 52.4 Å². The van der Waals surface area contributed by atoms with Crippen molar-refractivity contribution >= 4 is 22.6 Å². The van der Waals surface area contributed by atoms with Gasteiger partial charge >= 0.3 is 5.63 Å². The van der Waals surface area contributed by atoms with E-state index >= 15 is 0 Å². The number of fused-ring (bicyclic) bond motifs is 1. The lowest BCUT2D eigenvalue weighted by molar-refractivity contribution is -0.116.